The second-order valence-corrected chi connectivity index (χ2v) is 5.47. The highest BCUT2D eigenvalue weighted by Crippen LogP contribution is 2.20. The van der Waals surface area contributed by atoms with E-state index in [1.165, 1.54) is 7.11 Å². The van der Waals surface area contributed by atoms with E-state index in [1.54, 1.807) is 42.9 Å². The number of ether oxygens (including phenoxy) is 1. The molecule has 6 nitrogen and oxygen atoms in total. The quantitative estimate of drug-likeness (QED) is 0.718. The van der Waals surface area contributed by atoms with Crippen LogP contribution >= 0.6 is 0 Å². The van der Waals surface area contributed by atoms with Gasteiger partial charge >= 0.3 is 5.97 Å². The number of nitrogens with one attached hydrogen (secondary N) is 1. The van der Waals surface area contributed by atoms with Crippen LogP contribution in [0.25, 0.3) is 11.3 Å². The number of methoxy groups -OCH3 is 1. The molecule has 2 aromatic heterocycles. The van der Waals surface area contributed by atoms with E-state index in [2.05, 4.69) is 15.3 Å². The Bertz CT molecular complexity index is 926. The van der Waals surface area contributed by atoms with Crippen molar-refractivity contribution in [2.24, 2.45) is 0 Å². The zero-order valence-electron chi connectivity index (χ0n) is 14.2. The maximum atomic E-state index is 12.6. The molecule has 0 aliphatic carbocycles. The molecule has 1 amide bonds. The summed E-state index contributed by atoms with van der Waals surface area (Å²) >= 11 is 0. The van der Waals surface area contributed by atoms with Gasteiger partial charge in [0.05, 0.1) is 23.9 Å². The van der Waals surface area contributed by atoms with E-state index in [4.69, 9.17) is 4.74 Å². The predicted molar refractivity (Wildman–Crippen MR) is 96.4 cm³/mol. The van der Waals surface area contributed by atoms with Gasteiger partial charge in [0.15, 0.2) is 0 Å². The molecule has 1 aromatic carbocycles. The molecule has 0 aliphatic heterocycles. The molecular formula is C20H17N3O3. The third-order valence-electron chi connectivity index (χ3n) is 3.86. The molecule has 0 unspecified atom stereocenters. The van der Waals surface area contributed by atoms with Gasteiger partial charge in [-0.2, -0.15) is 0 Å². The highest BCUT2D eigenvalue weighted by atomic mass is 16.5. The number of carbonyl (C=O) groups excluding carboxylic acids is 2. The van der Waals surface area contributed by atoms with Gasteiger partial charge in [-0.15, -0.1) is 0 Å². The third-order valence-corrected chi connectivity index (χ3v) is 3.86. The minimum absolute atomic E-state index is 0.230. The van der Waals surface area contributed by atoms with E-state index in [9.17, 15) is 9.59 Å². The van der Waals surface area contributed by atoms with Crippen molar-refractivity contribution in [1.82, 2.24) is 15.3 Å². The van der Waals surface area contributed by atoms with Crippen molar-refractivity contribution in [2.75, 3.05) is 7.11 Å². The zero-order chi connectivity index (χ0) is 18.4. The van der Waals surface area contributed by atoms with Gasteiger partial charge in [0, 0.05) is 30.7 Å². The Morgan fingerprint density at radius 2 is 1.69 bits per heavy atom. The topological polar surface area (TPSA) is 81.2 Å². The minimum Gasteiger partial charge on any atom is -0.465 e. The average Bonchev–Trinajstić information content (AvgIpc) is 2.72. The van der Waals surface area contributed by atoms with Gasteiger partial charge in [-0.1, -0.05) is 18.2 Å². The van der Waals surface area contributed by atoms with Crippen LogP contribution in [0.5, 0.6) is 0 Å². The summed E-state index contributed by atoms with van der Waals surface area (Å²) < 4.78 is 4.73. The lowest BCUT2D eigenvalue weighted by molar-refractivity contribution is 0.0596. The van der Waals surface area contributed by atoms with Crippen molar-refractivity contribution in [3.63, 3.8) is 0 Å². The van der Waals surface area contributed by atoms with Crippen LogP contribution < -0.4 is 5.32 Å². The number of hydrogen-bond donors (Lipinski definition) is 1. The molecule has 0 spiro atoms. The fraction of sp³-hybridized carbons (Fsp3) is 0.100. The van der Waals surface area contributed by atoms with Crippen LogP contribution in [-0.4, -0.2) is 29.0 Å². The standard InChI is InChI=1S/C20H17N3O3/c1-26-20(25)17-7-3-2-6-16(17)19(24)23-13-15-5-4-10-22-18(15)14-8-11-21-12-9-14/h2-12H,13H2,1H3,(H,23,24). The van der Waals surface area contributed by atoms with Gasteiger partial charge < -0.3 is 10.1 Å². The SMILES string of the molecule is COC(=O)c1ccccc1C(=O)NCc1cccnc1-c1ccncc1. The van der Waals surface area contributed by atoms with Crippen molar-refractivity contribution in [2.45, 2.75) is 6.54 Å². The Balaban J connectivity index is 1.81. The molecule has 0 saturated carbocycles. The molecular weight excluding hydrogens is 330 g/mol. The first-order valence-corrected chi connectivity index (χ1v) is 8.00. The van der Waals surface area contributed by atoms with Crippen LogP contribution in [0.15, 0.2) is 67.1 Å². The number of nitrogens with zero attached hydrogens (tertiary/aromatic N) is 2. The van der Waals surface area contributed by atoms with Crippen LogP contribution in [-0.2, 0) is 11.3 Å². The van der Waals surface area contributed by atoms with Gasteiger partial charge in [-0.25, -0.2) is 4.79 Å². The Hall–Kier alpha value is -3.54. The highest BCUT2D eigenvalue weighted by molar-refractivity contribution is 6.05. The predicted octanol–water partition coefficient (Wildman–Crippen LogP) is 2.86. The molecule has 3 rings (SSSR count). The molecule has 0 aliphatic rings. The molecule has 0 atom stereocenters. The monoisotopic (exact) mass is 347 g/mol. The van der Waals surface area contributed by atoms with Crippen molar-refractivity contribution in [1.29, 1.82) is 0 Å². The molecule has 130 valence electrons. The molecule has 2 heterocycles. The molecule has 26 heavy (non-hydrogen) atoms. The van der Waals surface area contributed by atoms with E-state index >= 15 is 0 Å². The summed E-state index contributed by atoms with van der Waals surface area (Å²) in [4.78, 5) is 32.8. The number of carbonyl (C=O) groups is 2. The van der Waals surface area contributed by atoms with E-state index in [-0.39, 0.29) is 23.6 Å². The Morgan fingerprint density at radius 1 is 0.962 bits per heavy atom. The second kappa shape index (κ2) is 8.02. The molecule has 6 heteroatoms. The number of rotatable bonds is 5. The molecule has 1 N–H and O–H groups in total. The minimum atomic E-state index is -0.547. The summed E-state index contributed by atoms with van der Waals surface area (Å²) in [7, 11) is 1.29. The van der Waals surface area contributed by atoms with Gasteiger partial charge in [-0.05, 0) is 35.9 Å². The first-order chi connectivity index (χ1) is 12.7. The van der Waals surface area contributed by atoms with Crippen molar-refractivity contribution >= 4 is 11.9 Å². The van der Waals surface area contributed by atoms with E-state index < -0.39 is 5.97 Å². The first kappa shape index (κ1) is 17.3. The average molecular weight is 347 g/mol. The van der Waals surface area contributed by atoms with Crippen LogP contribution in [0.3, 0.4) is 0 Å². The number of pyridine rings is 2. The lowest BCUT2D eigenvalue weighted by Crippen LogP contribution is -2.25. The lowest BCUT2D eigenvalue weighted by Gasteiger charge is -2.11. The maximum absolute atomic E-state index is 12.6. The Kier molecular flexibility index (Phi) is 5.34. The van der Waals surface area contributed by atoms with Crippen molar-refractivity contribution < 1.29 is 14.3 Å². The van der Waals surface area contributed by atoms with E-state index in [0.29, 0.717) is 0 Å². The molecule has 0 radical (unpaired) electrons. The van der Waals surface area contributed by atoms with Gasteiger partial charge in [0.1, 0.15) is 0 Å². The number of esters is 1. The Morgan fingerprint density at radius 3 is 2.42 bits per heavy atom. The van der Waals surface area contributed by atoms with Crippen LogP contribution in [0.1, 0.15) is 26.3 Å². The summed E-state index contributed by atoms with van der Waals surface area (Å²) in [5, 5.41) is 2.84. The summed E-state index contributed by atoms with van der Waals surface area (Å²) in [6, 6.07) is 14.0. The highest BCUT2D eigenvalue weighted by Gasteiger charge is 2.17. The molecule has 3 aromatic rings. The fourth-order valence-corrected chi connectivity index (χ4v) is 2.59. The van der Waals surface area contributed by atoms with Crippen molar-refractivity contribution in [3.05, 3.63) is 83.8 Å². The fourth-order valence-electron chi connectivity index (χ4n) is 2.59. The van der Waals surface area contributed by atoms with Gasteiger partial charge in [0.2, 0.25) is 0 Å². The van der Waals surface area contributed by atoms with Gasteiger partial charge in [0.25, 0.3) is 5.91 Å². The largest absolute Gasteiger partial charge is 0.465 e. The molecule has 0 fully saturated rings. The molecule has 0 saturated heterocycles. The lowest BCUT2D eigenvalue weighted by atomic mass is 10.1. The normalized spacial score (nSPS) is 10.2. The number of aromatic nitrogens is 2. The summed E-state index contributed by atoms with van der Waals surface area (Å²) in [6.45, 7) is 0.278. The summed E-state index contributed by atoms with van der Waals surface area (Å²) in [6.07, 6.45) is 5.09. The van der Waals surface area contributed by atoms with E-state index in [1.807, 2.05) is 24.3 Å². The van der Waals surface area contributed by atoms with Crippen molar-refractivity contribution in [3.8, 4) is 11.3 Å². The smallest absolute Gasteiger partial charge is 0.338 e. The van der Waals surface area contributed by atoms with Gasteiger partial charge in [-0.3, -0.25) is 14.8 Å². The number of amides is 1. The summed E-state index contributed by atoms with van der Waals surface area (Å²) in [5.41, 5.74) is 3.06. The van der Waals surface area contributed by atoms with Crippen LogP contribution in [0.2, 0.25) is 0 Å². The third kappa shape index (κ3) is 3.75. The first-order valence-electron chi connectivity index (χ1n) is 8.00. The van der Waals surface area contributed by atoms with Crippen LogP contribution in [0.4, 0.5) is 0 Å². The molecule has 0 bridgehead atoms. The maximum Gasteiger partial charge on any atom is 0.338 e. The number of hydrogen-bond acceptors (Lipinski definition) is 5. The van der Waals surface area contributed by atoms with E-state index in [0.717, 1.165) is 16.8 Å². The number of benzene rings is 1. The zero-order valence-corrected chi connectivity index (χ0v) is 14.2. The second-order valence-electron chi connectivity index (χ2n) is 5.47. The summed E-state index contributed by atoms with van der Waals surface area (Å²) in [5.74, 6) is -0.898. The Labute approximate surface area is 150 Å². The van der Waals surface area contributed by atoms with Crippen LogP contribution in [0, 0.1) is 0 Å².